The first-order valence-electron chi connectivity index (χ1n) is 5.18. The van der Waals surface area contributed by atoms with Gasteiger partial charge >= 0.3 is 0 Å². The predicted molar refractivity (Wildman–Crippen MR) is 57.5 cm³/mol. The highest BCUT2D eigenvalue weighted by atomic mass is 16.3. The van der Waals surface area contributed by atoms with Gasteiger partial charge in [-0.1, -0.05) is 0 Å². The summed E-state index contributed by atoms with van der Waals surface area (Å²) in [5.41, 5.74) is 5.73. The Hall–Kier alpha value is -1.69. The SMILES string of the molecule is Nc1cncc(C(=O)N2CCC(CO)C2)n1. The third kappa shape index (κ3) is 2.11. The molecular formula is C10H14N4O2. The number of rotatable bonds is 2. The minimum absolute atomic E-state index is 0.117. The molecule has 1 saturated heterocycles. The number of aromatic nitrogens is 2. The van der Waals surface area contributed by atoms with Gasteiger partial charge in [0, 0.05) is 25.6 Å². The molecule has 0 aliphatic carbocycles. The van der Waals surface area contributed by atoms with Crippen molar-refractivity contribution in [2.24, 2.45) is 5.92 Å². The second-order valence-electron chi connectivity index (χ2n) is 3.92. The Bertz CT molecular complexity index is 396. The Morgan fingerprint density at radius 3 is 3.06 bits per heavy atom. The van der Waals surface area contributed by atoms with Crippen LogP contribution in [0.5, 0.6) is 0 Å². The average molecular weight is 222 g/mol. The number of nitrogens with two attached hydrogens (primary N) is 1. The summed E-state index contributed by atoms with van der Waals surface area (Å²) in [7, 11) is 0. The predicted octanol–water partition coefficient (Wildman–Crippen LogP) is -0.487. The van der Waals surface area contributed by atoms with Crippen molar-refractivity contribution < 1.29 is 9.90 Å². The Labute approximate surface area is 93.1 Å². The molecule has 0 aromatic carbocycles. The molecule has 2 heterocycles. The molecule has 0 radical (unpaired) electrons. The molecule has 3 N–H and O–H groups in total. The maximum atomic E-state index is 11.9. The fourth-order valence-electron chi connectivity index (χ4n) is 1.81. The first-order chi connectivity index (χ1) is 7.70. The third-order valence-electron chi connectivity index (χ3n) is 2.70. The van der Waals surface area contributed by atoms with Crippen LogP contribution in [0.2, 0.25) is 0 Å². The van der Waals surface area contributed by atoms with Crippen molar-refractivity contribution >= 4 is 11.7 Å². The van der Waals surface area contributed by atoms with Crippen molar-refractivity contribution in [1.82, 2.24) is 14.9 Å². The summed E-state index contributed by atoms with van der Waals surface area (Å²) in [5, 5.41) is 8.99. The number of aliphatic hydroxyl groups is 1. The molecule has 6 nitrogen and oxygen atoms in total. The second kappa shape index (κ2) is 4.44. The Morgan fingerprint density at radius 2 is 2.44 bits per heavy atom. The van der Waals surface area contributed by atoms with Gasteiger partial charge in [0.2, 0.25) is 0 Å². The molecule has 1 amide bonds. The van der Waals surface area contributed by atoms with E-state index in [4.69, 9.17) is 10.8 Å². The summed E-state index contributed by atoms with van der Waals surface area (Å²) < 4.78 is 0. The van der Waals surface area contributed by atoms with Crippen LogP contribution in [0.3, 0.4) is 0 Å². The Kier molecular flexibility index (Phi) is 3.00. The third-order valence-corrected chi connectivity index (χ3v) is 2.70. The van der Waals surface area contributed by atoms with Gasteiger partial charge in [-0.25, -0.2) is 4.98 Å². The van der Waals surface area contributed by atoms with Crippen LogP contribution in [0.15, 0.2) is 12.4 Å². The molecule has 1 aromatic heterocycles. The van der Waals surface area contributed by atoms with Crippen molar-refractivity contribution in [2.45, 2.75) is 6.42 Å². The van der Waals surface area contributed by atoms with Crippen molar-refractivity contribution in [3.8, 4) is 0 Å². The number of aliphatic hydroxyl groups excluding tert-OH is 1. The highest BCUT2D eigenvalue weighted by Gasteiger charge is 2.27. The molecule has 1 fully saturated rings. The van der Waals surface area contributed by atoms with E-state index in [1.54, 1.807) is 4.90 Å². The number of hydrogen-bond donors (Lipinski definition) is 2. The van der Waals surface area contributed by atoms with Crippen LogP contribution in [0, 0.1) is 5.92 Å². The molecule has 1 aliphatic rings. The molecule has 0 bridgehead atoms. The van der Waals surface area contributed by atoms with Crippen LogP contribution < -0.4 is 5.73 Å². The molecule has 0 spiro atoms. The lowest BCUT2D eigenvalue weighted by Crippen LogP contribution is -2.30. The summed E-state index contributed by atoms with van der Waals surface area (Å²) in [4.78, 5) is 21.4. The lowest BCUT2D eigenvalue weighted by molar-refractivity contribution is 0.0775. The van der Waals surface area contributed by atoms with Crippen LogP contribution in [0.25, 0.3) is 0 Å². The molecule has 6 heteroatoms. The lowest BCUT2D eigenvalue weighted by atomic mass is 10.1. The van der Waals surface area contributed by atoms with E-state index in [9.17, 15) is 4.79 Å². The summed E-state index contributed by atoms with van der Waals surface area (Å²) in [6, 6.07) is 0. The number of carbonyl (C=O) groups excluding carboxylic acids is 1. The molecule has 1 atom stereocenters. The van der Waals surface area contributed by atoms with Gasteiger partial charge in [-0.05, 0) is 6.42 Å². The normalized spacial score (nSPS) is 20.1. The molecule has 16 heavy (non-hydrogen) atoms. The van der Waals surface area contributed by atoms with E-state index in [1.165, 1.54) is 12.4 Å². The monoisotopic (exact) mass is 222 g/mol. The number of carbonyl (C=O) groups is 1. The maximum Gasteiger partial charge on any atom is 0.274 e. The van der Waals surface area contributed by atoms with Gasteiger partial charge in [-0.2, -0.15) is 0 Å². The standard InChI is InChI=1S/C10H14N4O2/c11-9-4-12-3-8(13-9)10(16)14-2-1-7(5-14)6-15/h3-4,7,15H,1-2,5-6H2,(H2,11,13). The first-order valence-corrected chi connectivity index (χ1v) is 5.18. The van der Waals surface area contributed by atoms with Crippen LogP contribution in [0.4, 0.5) is 5.82 Å². The van der Waals surface area contributed by atoms with Crippen LogP contribution >= 0.6 is 0 Å². The molecule has 1 aromatic rings. The first kappa shape index (κ1) is 10.8. The molecule has 1 unspecified atom stereocenters. The topological polar surface area (TPSA) is 92.3 Å². The number of anilines is 1. The zero-order chi connectivity index (χ0) is 11.5. The van der Waals surface area contributed by atoms with Gasteiger partial charge in [-0.15, -0.1) is 0 Å². The summed E-state index contributed by atoms with van der Waals surface area (Å²) in [6.07, 6.45) is 3.64. The minimum atomic E-state index is -0.171. The van der Waals surface area contributed by atoms with E-state index >= 15 is 0 Å². The second-order valence-corrected chi connectivity index (χ2v) is 3.92. The van der Waals surface area contributed by atoms with Gasteiger partial charge in [0.1, 0.15) is 11.5 Å². The number of likely N-dealkylation sites (tertiary alicyclic amines) is 1. The molecular weight excluding hydrogens is 208 g/mol. The van der Waals surface area contributed by atoms with Gasteiger partial charge in [0.15, 0.2) is 0 Å². The fraction of sp³-hybridized carbons (Fsp3) is 0.500. The van der Waals surface area contributed by atoms with Crippen molar-refractivity contribution in [1.29, 1.82) is 0 Å². The van der Waals surface area contributed by atoms with Crippen LogP contribution in [0.1, 0.15) is 16.9 Å². The van der Waals surface area contributed by atoms with Crippen molar-refractivity contribution in [2.75, 3.05) is 25.4 Å². The van der Waals surface area contributed by atoms with Crippen LogP contribution in [-0.2, 0) is 0 Å². The molecule has 2 rings (SSSR count). The highest BCUT2D eigenvalue weighted by molar-refractivity contribution is 5.92. The fourth-order valence-corrected chi connectivity index (χ4v) is 1.81. The van der Waals surface area contributed by atoms with E-state index in [2.05, 4.69) is 9.97 Å². The van der Waals surface area contributed by atoms with Crippen molar-refractivity contribution in [3.63, 3.8) is 0 Å². The van der Waals surface area contributed by atoms with Gasteiger partial charge in [0.05, 0.1) is 12.4 Å². The quantitative estimate of drug-likeness (QED) is 0.704. The summed E-state index contributed by atoms with van der Waals surface area (Å²) >= 11 is 0. The van der Waals surface area contributed by atoms with Crippen LogP contribution in [-0.4, -0.2) is 45.6 Å². The molecule has 0 saturated carbocycles. The summed E-state index contributed by atoms with van der Waals surface area (Å²) in [5.74, 6) is 0.248. The van der Waals surface area contributed by atoms with E-state index < -0.39 is 0 Å². The Morgan fingerprint density at radius 1 is 1.62 bits per heavy atom. The van der Waals surface area contributed by atoms with E-state index in [0.717, 1.165) is 6.42 Å². The largest absolute Gasteiger partial charge is 0.396 e. The smallest absolute Gasteiger partial charge is 0.274 e. The molecule has 86 valence electrons. The zero-order valence-electron chi connectivity index (χ0n) is 8.83. The van der Waals surface area contributed by atoms with E-state index in [-0.39, 0.29) is 29.9 Å². The number of hydrogen-bond acceptors (Lipinski definition) is 5. The van der Waals surface area contributed by atoms with E-state index in [1.807, 2.05) is 0 Å². The summed E-state index contributed by atoms with van der Waals surface area (Å²) in [6.45, 7) is 1.35. The Balaban J connectivity index is 2.08. The minimum Gasteiger partial charge on any atom is -0.396 e. The van der Waals surface area contributed by atoms with Gasteiger partial charge < -0.3 is 15.7 Å². The van der Waals surface area contributed by atoms with Gasteiger partial charge in [0.25, 0.3) is 5.91 Å². The highest BCUT2D eigenvalue weighted by Crippen LogP contribution is 2.17. The van der Waals surface area contributed by atoms with Crippen molar-refractivity contribution in [3.05, 3.63) is 18.1 Å². The molecule has 1 aliphatic heterocycles. The maximum absolute atomic E-state index is 11.9. The zero-order valence-corrected chi connectivity index (χ0v) is 8.83. The number of nitrogen functional groups attached to an aromatic ring is 1. The number of amides is 1. The van der Waals surface area contributed by atoms with Gasteiger partial charge in [-0.3, -0.25) is 9.78 Å². The van der Waals surface area contributed by atoms with E-state index in [0.29, 0.717) is 13.1 Å². The lowest BCUT2D eigenvalue weighted by Gasteiger charge is -2.15. The average Bonchev–Trinajstić information content (AvgIpc) is 2.76. The number of nitrogens with zero attached hydrogens (tertiary/aromatic N) is 3.